The molecule has 0 spiro atoms. The van der Waals surface area contributed by atoms with E-state index in [-0.39, 0.29) is 51.0 Å². The van der Waals surface area contributed by atoms with Gasteiger partial charge in [-0.1, -0.05) is 0 Å². The molecular weight excluding hydrogens is 309 g/mol. The Hall–Kier alpha value is 0.0800. The number of piperazine rings is 1. The van der Waals surface area contributed by atoms with E-state index in [1.807, 2.05) is 0 Å². The van der Waals surface area contributed by atoms with Crippen molar-refractivity contribution in [2.45, 2.75) is 12.4 Å². The molecule has 0 radical (unpaired) electrons. The van der Waals surface area contributed by atoms with Crippen LogP contribution >= 0.6 is 24.8 Å². The lowest BCUT2D eigenvalue weighted by molar-refractivity contribution is -0.162. The molecule has 0 aromatic carbocycles. The molecule has 10 heteroatoms. The van der Waals surface area contributed by atoms with E-state index in [1.165, 1.54) is 0 Å². The zero-order valence-electron chi connectivity index (χ0n) is 9.22. The average Bonchev–Trinajstić information content (AvgIpc) is 2.03. The van der Waals surface area contributed by atoms with Crippen molar-refractivity contribution in [3.8, 4) is 0 Å². The lowest BCUT2D eigenvalue weighted by Crippen LogP contribution is -2.51. The summed E-state index contributed by atoms with van der Waals surface area (Å²) in [4.78, 5) is 2.24. The molecule has 0 N–H and O–H groups in total. The number of halogens is 8. The molecule has 0 atom stereocenters. The Labute approximate surface area is 113 Å². The molecule has 0 aromatic rings. The van der Waals surface area contributed by atoms with Gasteiger partial charge in [0.15, 0.2) is 0 Å². The Bertz CT molecular complexity index is 201. The molecule has 0 aromatic heterocycles. The maximum Gasteiger partial charge on any atom is 0.401 e. The van der Waals surface area contributed by atoms with Gasteiger partial charge in [0.1, 0.15) is 0 Å². The Kier molecular flexibility index (Phi) is 8.63. The van der Waals surface area contributed by atoms with Crippen LogP contribution in [0.4, 0.5) is 26.3 Å². The highest BCUT2D eigenvalue weighted by Crippen LogP contribution is 2.20. The Morgan fingerprint density at radius 2 is 0.833 bits per heavy atom. The molecule has 1 aliphatic rings. The van der Waals surface area contributed by atoms with Gasteiger partial charge in [-0.25, -0.2) is 0 Å². The van der Waals surface area contributed by atoms with E-state index in [0.717, 1.165) is 9.80 Å². The molecule has 18 heavy (non-hydrogen) atoms. The first-order valence-corrected chi connectivity index (χ1v) is 4.74. The first-order chi connectivity index (χ1) is 7.16. The van der Waals surface area contributed by atoms with Crippen molar-refractivity contribution in [3.63, 3.8) is 0 Å². The minimum Gasteiger partial charge on any atom is -0.292 e. The number of hydrogen-bond donors (Lipinski definition) is 0. The SMILES string of the molecule is Cl.Cl.FC(F)(F)CN1CCN(CC(F)(F)F)CC1. The van der Waals surface area contributed by atoms with Crippen LogP contribution in [0.1, 0.15) is 0 Å². The van der Waals surface area contributed by atoms with Gasteiger partial charge in [0.25, 0.3) is 0 Å². The van der Waals surface area contributed by atoms with Crippen molar-refractivity contribution in [2.24, 2.45) is 0 Å². The van der Waals surface area contributed by atoms with Crippen LogP contribution < -0.4 is 0 Å². The van der Waals surface area contributed by atoms with Crippen LogP contribution in [0.5, 0.6) is 0 Å². The first kappa shape index (κ1) is 20.4. The quantitative estimate of drug-likeness (QED) is 0.721. The second-order valence-corrected chi connectivity index (χ2v) is 3.78. The van der Waals surface area contributed by atoms with Crippen molar-refractivity contribution in [1.82, 2.24) is 9.80 Å². The van der Waals surface area contributed by atoms with E-state index in [9.17, 15) is 26.3 Å². The molecule has 0 amide bonds. The molecule has 112 valence electrons. The van der Waals surface area contributed by atoms with E-state index in [0.29, 0.717) is 0 Å². The zero-order chi connectivity index (χ0) is 12.4. The van der Waals surface area contributed by atoms with Crippen LogP contribution in [0.3, 0.4) is 0 Å². The third-order valence-electron chi connectivity index (χ3n) is 2.27. The third kappa shape index (κ3) is 9.07. The fourth-order valence-corrected chi connectivity index (χ4v) is 1.61. The van der Waals surface area contributed by atoms with E-state index in [4.69, 9.17) is 0 Å². The van der Waals surface area contributed by atoms with Crippen LogP contribution in [0.25, 0.3) is 0 Å². The number of hydrogen-bond acceptors (Lipinski definition) is 2. The highest BCUT2D eigenvalue weighted by Gasteiger charge is 2.35. The summed E-state index contributed by atoms with van der Waals surface area (Å²) < 4.78 is 71.8. The molecule has 1 fully saturated rings. The topological polar surface area (TPSA) is 6.48 Å². The standard InChI is InChI=1S/C8H12F6N2.2ClH/c9-7(10,11)5-15-1-2-16(4-3-15)6-8(12,13)14;;/h1-6H2;2*1H. The average molecular weight is 323 g/mol. The van der Waals surface area contributed by atoms with Gasteiger partial charge < -0.3 is 0 Å². The molecule has 1 rings (SSSR count). The maximum absolute atomic E-state index is 12.0. The van der Waals surface area contributed by atoms with Crippen LogP contribution in [0.2, 0.25) is 0 Å². The van der Waals surface area contributed by atoms with E-state index >= 15 is 0 Å². The second-order valence-electron chi connectivity index (χ2n) is 3.78. The minimum atomic E-state index is -4.29. The minimum absolute atomic E-state index is 0. The summed E-state index contributed by atoms with van der Waals surface area (Å²) in [6.45, 7) is -2.00. The number of alkyl halides is 6. The molecule has 0 unspecified atom stereocenters. The molecule has 0 bridgehead atoms. The predicted molar refractivity (Wildman–Crippen MR) is 59.5 cm³/mol. The van der Waals surface area contributed by atoms with E-state index in [1.54, 1.807) is 0 Å². The molecule has 1 saturated heterocycles. The van der Waals surface area contributed by atoms with E-state index in [2.05, 4.69) is 0 Å². The first-order valence-electron chi connectivity index (χ1n) is 4.74. The maximum atomic E-state index is 12.0. The van der Waals surface area contributed by atoms with Crippen molar-refractivity contribution >= 4 is 24.8 Å². The van der Waals surface area contributed by atoms with Gasteiger partial charge >= 0.3 is 12.4 Å². The van der Waals surface area contributed by atoms with Crippen LogP contribution in [-0.2, 0) is 0 Å². The highest BCUT2D eigenvalue weighted by atomic mass is 35.5. The predicted octanol–water partition coefficient (Wildman–Crippen LogP) is 2.57. The van der Waals surface area contributed by atoms with Gasteiger partial charge in [0.2, 0.25) is 0 Å². The molecule has 1 heterocycles. The van der Waals surface area contributed by atoms with Crippen molar-refractivity contribution in [1.29, 1.82) is 0 Å². The van der Waals surface area contributed by atoms with Crippen LogP contribution in [0, 0.1) is 0 Å². The van der Waals surface area contributed by atoms with Crippen molar-refractivity contribution in [3.05, 3.63) is 0 Å². The van der Waals surface area contributed by atoms with E-state index < -0.39 is 25.4 Å². The van der Waals surface area contributed by atoms with Crippen LogP contribution in [0.15, 0.2) is 0 Å². The Balaban J connectivity index is 0. The smallest absolute Gasteiger partial charge is 0.292 e. The number of nitrogens with zero attached hydrogens (tertiary/aromatic N) is 2. The fourth-order valence-electron chi connectivity index (χ4n) is 1.61. The van der Waals surface area contributed by atoms with Gasteiger partial charge in [0, 0.05) is 26.2 Å². The summed E-state index contributed by atoms with van der Waals surface area (Å²) in [7, 11) is 0. The molecule has 2 nitrogen and oxygen atoms in total. The normalized spacial score (nSPS) is 19.0. The lowest BCUT2D eigenvalue weighted by Gasteiger charge is -2.35. The monoisotopic (exact) mass is 322 g/mol. The van der Waals surface area contributed by atoms with Crippen molar-refractivity contribution < 1.29 is 26.3 Å². The summed E-state index contributed by atoms with van der Waals surface area (Å²) in [5.74, 6) is 0. The number of rotatable bonds is 2. The van der Waals surface area contributed by atoms with Gasteiger partial charge in [-0.05, 0) is 0 Å². The molecule has 0 aliphatic carbocycles. The Morgan fingerprint density at radius 3 is 1.00 bits per heavy atom. The van der Waals surface area contributed by atoms with Crippen molar-refractivity contribution in [2.75, 3.05) is 39.3 Å². The summed E-state index contributed by atoms with van der Waals surface area (Å²) in [6.07, 6.45) is -8.57. The lowest BCUT2D eigenvalue weighted by atomic mass is 10.3. The molecule has 1 aliphatic heterocycles. The second kappa shape index (κ2) is 7.62. The summed E-state index contributed by atoms with van der Waals surface area (Å²) in [6, 6.07) is 0. The van der Waals surface area contributed by atoms with Gasteiger partial charge in [-0.2, -0.15) is 26.3 Å². The fraction of sp³-hybridized carbons (Fsp3) is 1.00. The largest absolute Gasteiger partial charge is 0.401 e. The third-order valence-corrected chi connectivity index (χ3v) is 2.27. The zero-order valence-corrected chi connectivity index (χ0v) is 10.9. The molecular formula is C8H14Cl2F6N2. The van der Waals surface area contributed by atoms with Gasteiger partial charge in [-0.15, -0.1) is 24.8 Å². The summed E-state index contributed by atoms with van der Waals surface area (Å²) in [5.41, 5.74) is 0. The van der Waals surface area contributed by atoms with Gasteiger partial charge in [0.05, 0.1) is 13.1 Å². The van der Waals surface area contributed by atoms with Crippen LogP contribution in [-0.4, -0.2) is 61.4 Å². The highest BCUT2D eigenvalue weighted by molar-refractivity contribution is 5.85. The summed E-state index contributed by atoms with van der Waals surface area (Å²) >= 11 is 0. The Morgan fingerprint density at radius 1 is 0.611 bits per heavy atom. The summed E-state index contributed by atoms with van der Waals surface area (Å²) in [5, 5.41) is 0. The van der Waals surface area contributed by atoms with Gasteiger partial charge in [-0.3, -0.25) is 9.80 Å². The molecule has 0 saturated carbocycles.